The SMILES string of the molecule is CCN1CCN(Cc2ccc(-c3cc4c(N[C@@H](C)c5ccccc5)ncnc4[nH]3)cc2)CC1. The summed E-state index contributed by atoms with van der Waals surface area (Å²) in [7, 11) is 0. The number of H-pyrrole nitrogens is 1. The van der Waals surface area contributed by atoms with Crippen molar-refractivity contribution in [3.05, 3.63) is 78.1 Å². The van der Waals surface area contributed by atoms with E-state index in [0.717, 1.165) is 54.3 Å². The lowest BCUT2D eigenvalue weighted by atomic mass is 10.1. The molecule has 6 nitrogen and oxygen atoms in total. The van der Waals surface area contributed by atoms with E-state index in [1.165, 1.54) is 24.2 Å². The Bertz CT molecular complexity index is 1180. The monoisotopic (exact) mass is 440 g/mol. The lowest BCUT2D eigenvalue weighted by Crippen LogP contribution is -2.45. The van der Waals surface area contributed by atoms with Gasteiger partial charge in [0.25, 0.3) is 0 Å². The van der Waals surface area contributed by atoms with Crippen molar-refractivity contribution in [3.63, 3.8) is 0 Å². The van der Waals surface area contributed by atoms with Crippen LogP contribution in [0.5, 0.6) is 0 Å². The smallest absolute Gasteiger partial charge is 0.143 e. The van der Waals surface area contributed by atoms with E-state index >= 15 is 0 Å². The maximum absolute atomic E-state index is 4.52. The maximum atomic E-state index is 4.52. The van der Waals surface area contributed by atoms with E-state index in [2.05, 4.69) is 98.5 Å². The summed E-state index contributed by atoms with van der Waals surface area (Å²) in [6.45, 7) is 11.2. The van der Waals surface area contributed by atoms with Gasteiger partial charge >= 0.3 is 0 Å². The quantitative estimate of drug-likeness (QED) is 0.426. The van der Waals surface area contributed by atoms with Gasteiger partial charge in [0.05, 0.1) is 5.39 Å². The van der Waals surface area contributed by atoms with Crippen LogP contribution in [-0.2, 0) is 6.54 Å². The summed E-state index contributed by atoms with van der Waals surface area (Å²) < 4.78 is 0. The first-order chi connectivity index (χ1) is 16.2. The molecular weight excluding hydrogens is 408 g/mol. The predicted octanol–water partition coefficient (Wildman–Crippen LogP) is 4.94. The number of hydrogen-bond acceptors (Lipinski definition) is 5. The van der Waals surface area contributed by atoms with Crippen molar-refractivity contribution in [2.45, 2.75) is 26.4 Å². The van der Waals surface area contributed by atoms with Gasteiger partial charge in [-0.15, -0.1) is 0 Å². The average molecular weight is 441 g/mol. The van der Waals surface area contributed by atoms with Crippen LogP contribution in [-0.4, -0.2) is 57.5 Å². The molecule has 33 heavy (non-hydrogen) atoms. The first-order valence-corrected chi connectivity index (χ1v) is 11.9. The van der Waals surface area contributed by atoms with E-state index in [0.29, 0.717) is 0 Å². The molecule has 1 saturated heterocycles. The normalized spacial score (nSPS) is 16.2. The third-order valence-corrected chi connectivity index (χ3v) is 6.66. The molecule has 0 aliphatic carbocycles. The van der Waals surface area contributed by atoms with Gasteiger partial charge in [0.15, 0.2) is 0 Å². The minimum Gasteiger partial charge on any atom is -0.363 e. The summed E-state index contributed by atoms with van der Waals surface area (Å²) in [4.78, 5) is 17.5. The van der Waals surface area contributed by atoms with E-state index in [4.69, 9.17) is 0 Å². The van der Waals surface area contributed by atoms with Gasteiger partial charge in [-0.1, -0.05) is 61.5 Å². The number of aromatic nitrogens is 3. The van der Waals surface area contributed by atoms with Crippen molar-refractivity contribution in [1.82, 2.24) is 24.8 Å². The summed E-state index contributed by atoms with van der Waals surface area (Å²) in [6, 6.07) is 21.6. The highest BCUT2D eigenvalue weighted by molar-refractivity contribution is 5.91. The largest absolute Gasteiger partial charge is 0.363 e. The fraction of sp³-hybridized carbons (Fsp3) is 0.333. The number of fused-ring (bicyclic) bond motifs is 1. The molecule has 0 amide bonds. The Hall–Kier alpha value is -3.22. The first kappa shape index (κ1) is 21.6. The molecule has 0 saturated carbocycles. The number of benzene rings is 2. The van der Waals surface area contributed by atoms with Gasteiger partial charge in [0.1, 0.15) is 17.8 Å². The lowest BCUT2D eigenvalue weighted by molar-refractivity contribution is 0.132. The Morgan fingerprint density at radius 1 is 0.939 bits per heavy atom. The molecule has 2 N–H and O–H groups in total. The van der Waals surface area contributed by atoms with Crippen LogP contribution >= 0.6 is 0 Å². The second-order valence-electron chi connectivity index (χ2n) is 8.85. The Balaban J connectivity index is 1.30. The number of piperazine rings is 1. The molecule has 4 aromatic rings. The topological polar surface area (TPSA) is 60.1 Å². The highest BCUT2D eigenvalue weighted by Crippen LogP contribution is 2.29. The van der Waals surface area contributed by atoms with Crippen LogP contribution in [0.3, 0.4) is 0 Å². The summed E-state index contributed by atoms with van der Waals surface area (Å²) in [6.07, 6.45) is 1.62. The van der Waals surface area contributed by atoms with Crippen LogP contribution in [0, 0.1) is 0 Å². The van der Waals surface area contributed by atoms with Crippen molar-refractivity contribution in [2.75, 3.05) is 38.0 Å². The molecular formula is C27H32N6. The summed E-state index contributed by atoms with van der Waals surface area (Å²) in [5.74, 6) is 0.849. The van der Waals surface area contributed by atoms with Crippen LogP contribution in [0.2, 0.25) is 0 Å². The van der Waals surface area contributed by atoms with E-state index in [-0.39, 0.29) is 6.04 Å². The van der Waals surface area contributed by atoms with Gasteiger partial charge in [-0.3, -0.25) is 4.90 Å². The van der Waals surface area contributed by atoms with Gasteiger partial charge < -0.3 is 15.2 Å². The Morgan fingerprint density at radius 2 is 1.67 bits per heavy atom. The number of anilines is 1. The molecule has 2 aromatic carbocycles. The standard InChI is InChI=1S/C27H32N6/c1-3-32-13-15-33(16-14-32)18-21-9-11-23(12-10-21)25-17-24-26(28-19-29-27(24)31-25)30-20(2)22-7-5-4-6-8-22/h4-12,17,19-20H,3,13-16,18H2,1-2H3,(H2,28,29,30,31)/t20-/m0/s1. The number of aromatic amines is 1. The van der Waals surface area contributed by atoms with Crippen molar-refractivity contribution in [1.29, 1.82) is 0 Å². The van der Waals surface area contributed by atoms with E-state index in [1.807, 2.05) is 6.07 Å². The zero-order valence-electron chi connectivity index (χ0n) is 19.5. The molecule has 5 rings (SSSR count). The maximum Gasteiger partial charge on any atom is 0.143 e. The molecule has 0 unspecified atom stereocenters. The molecule has 6 heteroatoms. The van der Waals surface area contributed by atoms with Crippen molar-refractivity contribution in [2.24, 2.45) is 0 Å². The second kappa shape index (κ2) is 9.73. The Morgan fingerprint density at radius 3 is 2.39 bits per heavy atom. The van der Waals surface area contributed by atoms with Gasteiger partial charge in [-0.25, -0.2) is 9.97 Å². The van der Waals surface area contributed by atoms with Gasteiger partial charge in [0, 0.05) is 44.5 Å². The van der Waals surface area contributed by atoms with Crippen LogP contribution in [0.15, 0.2) is 67.0 Å². The second-order valence-corrected chi connectivity index (χ2v) is 8.85. The summed E-state index contributed by atoms with van der Waals surface area (Å²) in [5, 5.41) is 4.56. The van der Waals surface area contributed by atoms with Gasteiger partial charge in [-0.2, -0.15) is 0 Å². The molecule has 1 atom stereocenters. The minimum absolute atomic E-state index is 0.154. The minimum atomic E-state index is 0.154. The highest BCUT2D eigenvalue weighted by atomic mass is 15.3. The van der Waals surface area contributed by atoms with Gasteiger partial charge in [-0.05, 0) is 36.2 Å². The number of rotatable bonds is 7. The lowest BCUT2D eigenvalue weighted by Gasteiger charge is -2.34. The molecule has 1 aliphatic rings. The zero-order chi connectivity index (χ0) is 22.6. The molecule has 3 heterocycles. The molecule has 1 fully saturated rings. The fourth-order valence-corrected chi connectivity index (χ4v) is 4.55. The van der Waals surface area contributed by atoms with Crippen molar-refractivity contribution < 1.29 is 0 Å². The molecule has 0 radical (unpaired) electrons. The van der Waals surface area contributed by atoms with E-state index < -0.39 is 0 Å². The summed E-state index contributed by atoms with van der Waals surface area (Å²) >= 11 is 0. The third-order valence-electron chi connectivity index (χ3n) is 6.66. The molecule has 0 bridgehead atoms. The number of likely N-dealkylation sites (N-methyl/N-ethyl adjacent to an activating group) is 1. The predicted molar refractivity (Wildman–Crippen MR) is 135 cm³/mol. The van der Waals surface area contributed by atoms with Crippen LogP contribution in [0.4, 0.5) is 5.82 Å². The van der Waals surface area contributed by atoms with Crippen LogP contribution in [0.25, 0.3) is 22.3 Å². The number of hydrogen-bond donors (Lipinski definition) is 2. The summed E-state index contributed by atoms with van der Waals surface area (Å²) in [5.41, 5.74) is 5.66. The van der Waals surface area contributed by atoms with Gasteiger partial charge in [0.2, 0.25) is 0 Å². The number of nitrogens with zero attached hydrogens (tertiary/aromatic N) is 4. The van der Waals surface area contributed by atoms with E-state index in [9.17, 15) is 0 Å². The zero-order valence-corrected chi connectivity index (χ0v) is 19.5. The molecule has 1 aliphatic heterocycles. The average Bonchev–Trinajstić information content (AvgIpc) is 3.31. The van der Waals surface area contributed by atoms with Crippen LogP contribution in [0.1, 0.15) is 31.0 Å². The fourth-order valence-electron chi connectivity index (χ4n) is 4.55. The molecule has 2 aromatic heterocycles. The Labute approximate surface area is 195 Å². The van der Waals surface area contributed by atoms with Crippen molar-refractivity contribution >= 4 is 16.9 Å². The highest BCUT2D eigenvalue weighted by Gasteiger charge is 2.16. The first-order valence-electron chi connectivity index (χ1n) is 11.9. The van der Waals surface area contributed by atoms with Crippen LogP contribution < -0.4 is 5.32 Å². The van der Waals surface area contributed by atoms with Crippen molar-refractivity contribution in [3.8, 4) is 11.3 Å². The third kappa shape index (κ3) is 4.92. The number of nitrogens with one attached hydrogen (secondary N) is 2. The van der Waals surface area contributed by atoms with E-state index in [1.54, 1.807) is 6.33 Å². The molecule has 170 valence electrons. The Kier molecular flexibility index (Phi) is 6.37. The molecule has 0 spiro atoms.